The Morgan fingerprint density at radius 3 is 2.28 bits per heavy atom. The molecule has 0 bridgehead atoms. The summed E-state index contributed by atoms with van der Waals surface area (Å²) >= 11 is 0. The Balaban J connectivity index is 1.84. The number of anilines is 1. The van der Waals surface area contributed by atoms with E-state index in [1.165, 1.54) is 6.92 Å². The first-order chi connectivity index (χ1) is 12.1. The summed E-state index contributed by atoms with van der Waals surface area (Å²) in [5.41, 5.74) is 2.44. The summed E-state index contributed by atoms with van der Waals surface area (Å²) in [5, 5.41) is 12.0. The molecule has 2 N–H and O–H groups in total. The van der Waals surface area contributed by atoms with Crippen LogP contribution in [0.15, 0.2) is 54.6 Å². The van der Waals surface area contributed by atoms with Gasteiger partial charge in [0.15, 0.2) is 5.78 Å². The third kappa shape index (κ3) is 6.49. The van der Waals surface area contributed by atoms with Crippen molar-refractivity contribution in [2.75, 3.05) is 25.0 Å². The summed E-state index contributed by atoms with van der Waals surface area (Å²) in [5.74, 6) is -0.0926. The van der Waals surface area contributed by atoms with Gasteiger partial charge in [-0.1, -0.05) is 30.3 Å². The first-order valence-electron chi connectivity index (χ1n) is 8.36. The van der Waals surface area contributed by atoms with Crippen molar-refractivity contribution in [1.29, 1.82) is 0 Å². The van der Waals surface area contributed by atoms with E-state index in [4.69, 9.17) is 0 Å². The minimum absolute atomic E-state index is 0.00145. The van der Waals surface area contributed by atoms with E-state index in [-0.39, 0.29) is 18.3 Å². The maximum atomic E-state index is 12.1. The van der Waals surface area contributed by atoms with Crippen LogP contribution in [0, 0.1) is 0 Å². The second-order valence-electron chi connectivity index (χ2n) is 5.92. The number of aliphatic hydroxyl groups is 1. The zero-order valence-corrected chi connectivity index (χ0v) is 14.4. The molecule has 25 heavy (non-hydrogen) atoms. The predicted molar refractivity (Wildman–Crippen MR) is 98.5 cm³/mol. The summed E-state index contributed by atoms with van der Waals surface area (Å²) in [7, 11) is 0. The van der Waals surface area contributed by atoms with E-state index in [2.05, 4.69) is 5.32 Å². The smallest absolute Gasteiger partial charge is 0.225 e. The van der Waals surface area contributed by atoms with Crippen LogP contribution in [-0.2, 0) is 11.3 Å². The number of ketones is 1. The molecule has 2 rings (SSSR count). The molecule has 0 aromatic heterocycles. The number of carbonyl (C=O) groups excluding carboxylic acids is 2. The van der Waals surface area contributed by atoms with Gasteiger partial charge in [0, 0.05) is 37.3 Å². The molecule has 0 aliphatic rings. The SMILES string of the molecule is CC(=O)c1ccc(NC(=O)CCN(CCO)Cc2ccccc2)cc1. The molecule has 5 nitrogen and oxygen atoms in total. The largest absolute Gasteiger partial charge is 0.395 e. The molecule has 0 fully saturated rings. The molecule has 0 aliphatic carbocycles. The number of benzene rings is 2. The third-order valence-corrected chi connectivity index (χ3v) is 3.90. The Kier molecular flexibility index (Phi) is 7.32. The van der Waals surface area contributed by atoms with E-state index in [1.54, 1.807) is 24.3 Å². The number of nitrogens with one attached hydrogen (secondary N) is 1. The second-order valence-corrected chi connectivity index (χ2v) is 5.92. The van der Waals surface area contributed by atoms with Crippen LogP contribution in [0.2, 0.25) is 0 Å². The van der Waals surface area contributed by atoms with Crippen molar-refractivity contribution in [3.8, 4) is 0 Å². The molecular weight excluding hydrogens is 316 g/mol. The number of hydrogen-bond donors (Lipinski definition) is 2. The lowest BCUT2D eigenvalue weighted by molar-refractivity contribution is -0.116. The van der Waals surface area contributed by atoms with Gasteiger partial charge in [-0.15, -0.1) is 0 Å². The van der Waals surface area contributed by atoms with Crippen LogP contribution in [0.1, 0.15) is 29.3 Å². The third-order valence-electron chi connectivity index (χ3n) is 3.90. The Labute approximate surface area is 148 Å². The summed E-state index contributed by atoms with van der Waals surface area (Å²) < 4.78 is 0. The van der Waals surface area contributed by atoms with Crippen LogP contribution < -0.4 is 5.32 Å². The highest BCUT2D eigenvalue weighted by molar-refractivity contribution is 5.95. The van der Waals surface area contributed by atoms with Gasteiger partial charge in [0.05, 0.1) is 6.61 Å². The van der Waals surface area contributed by atoms with Gasteiger partial charge < -0.3 is 10.4 Å². The van der Waals surface area contributed by atoms with Crippen molar-refractivity contribution < 1.29 is 14.7 Å². The molecule has 132 valence electrons. The number of amides is 1. The number of nitrogens with zero attached hydrogens (tertiary/aromatic N) is 1. The van der Waals surface area contributed by atoms with Crippen LogP contribution in [0.4, 0.5) is 5.69 Å². The highest BCUT2D eigenvalue weighted by Gasteiger charge is 2.09. The van der Waals surface area contributed by atoms with Crippen molar-refractivity contribution in [3.63, 3.8) is 0 Å². The van der Waals surface area contributed by atoms with E-state index in [1.807, 2.05) is 35.2 Å². The molecular formula is C20H24N2O3. The fourth-order valence-electron chi connectivity index (χ4n) is 2.52. The van der Waals surface area contributed by atoms with E-state index < -0.39 is 0 Å². The minimum Gasteiger partial charge on any atom is -0.395 e. The van der Waals surface area contributed by atoms with E-state index >= 15 is 0 Å². The molecule has 5 heteroatoms. The van der Waals surface area contributed by atoms with Crippen molar-refractivity contribution in [2.24, 2.45) is 0 Å². The van der Waals surface area contributed by atoms with Crippen LogP contribution >= 0.6 is 0 Å². The normalized spacial score (nSPS) is 10.7. The molecule has 2 aromatic carbocycles. The maximum absolute atomic E-state index is 12.1. The monoisotopic (exact) mass is 340 g/mol. The number of rotatable bonds is 9. The maximum Gasteiger partial charge on any atom is 0.225 e. The molecule has 0 atom stereocenters. The van der Waals surface area contributed by atoms with Gasteiger partial charge in [-0.2, -0.15) is 0 Å². The topological polar surface area (TPSA) is 69.6 Å². The first-order valence-corrected chi connectivity index (χ1v) is 8.36. The molecule has 0 unspecified atom stereocenters. The lowest BCUT2D eigenvalue weighted by Gasteiger charge is -2.21. The highest BCUT2D eigenvalue weighted by Crippen LogP contribution is 2.11. The summed E-state index contributed by atoms with van der Waals surface area (Å²) in [6.07, 6.45) is 0.335. The quantitative estimate of drug-likeness (QED) is 0.689. The van der Waals surface area contributed by atoms with E-state index in [0.29, 0.717) is 37.3 Å². The van der Waals surface area contributed by atoms with Crippen LogP contribution in [0.5, 0.6) is 0 Å². The Morgan fingerprint density at radius 2 is 1.68 bits per heavy atom. The number of aliphatic hydroxyl groups excluding tert-OH is 1. The molecule has 0 aliphatic heterocycles. The molecule has 0 heterocycles. The van der Waals surface area contributed by atoms with Crippen LogP contribution in [0.25, 0.3) is 0 Å². The average molecular weight is 340 g/mol. The van der Waals surface area contributed by atoms with Crippen LogP contribution in [0.3, 0.4) is 0 Å². The first kappa shape index (κ1) is 18.8. The fraction of sp³-hybridized carbons (Fsp3) is 0.300. The van der Waals surface area contributed by atoms with E-state index in [9.17, 15) is 14.7 Å². The van der Waals surface area contributed by atoms with Crippen molar-refractivity contribution >= 4 is 17.4 Å². The Morgan fingerprint density at radius 1 is 1.00 bits per heavy atom. The molecule has 1 amide bonds. The number of Topliss-reactive ketones (excluding diaryl/α,β-unsaturated/α-hetero) is 1. The van der Waals surface area contributed by atoms with Gasteiger partial charge in [-0.3, -0.25) is 14.5 Å². The van der Waals surface area contributed by atoms with E-state index in [0.717, 1.165) is 5.56 Å². The number of carbonyl (C=O) groups is 2. The van der Waals surface area contributed by atoms with Gasteiger partial charge in [0.25, 0.3) is 0 Å². The summed E-state index contributed by atoms with van der Waals surface area (Å²) in [4.78, 5) is 25.4. The summed E-state index contributed by atoms with van der Waals surface area (Å²) in [6.45, 7) is 3.35. The Hall–Kier alpha value is -2.50. The average Bonchev–Trinajstić information content (AvgIpc) is 2.61. The minimum atomic E-state index is -0.0911. The Bertz CT molecular complexity index is 684. The fourth-order valence-corrected chi connectivity index (χ4v) is 2.52. The molecule has 0 saturated heterocycles. The predicted octanol–water partition coefficient (Wildman–Crippen LogP) is 2.71. The van der Waals surface area contributed by atoms with Gasteiger partial charge >= 0.3 is 0 Å². The number of hydrogen-bond acceptors (Lipinski definition) is 4. The highest BCUT2D eigenvalue weighted by atomic mass is 16.3. The zero-order chi connectivity index (χ0) is 18.1. The second kappa shape index (κ2) is 9.71. The van der Waals surface area contributed by atoms with Gasteiger partial charge in [0.2, 0.25) is 5.91 Å². The van der Waals surface area contributed by atoms with Gasteiger partial charge in [0.1, 0.15) is 0 Å². The van der Waals surface area contributed by atoms with Gasteiger partial charge in [-0.25, -0.2) is 0 Å². The zero-order valence-electron chi connectivity index (χ0n) is 14.4. The van der Waals surface area contributed by atoms with Crippen molar-refractivity contribution in [1.82, 2.24) is 4.90 Å². The lowest BCUT2D eigenvalue weighted by Crippen LogP contribution is -2.30. The van der Waals surface area contributed by atoms with Crippen molar-refractivity contribution in [2.45, 2.75) is 19.9 Å². The molecule has 2 aromatic rings. The molecule has 0 spiro atoms. The summed E-state index contributed by atoms with van der Waals surface area (Å²) in [6, 6.07) is 16.8. The lowest BCUT2D eigenvalue weighted by atomic mass is 10.1. The van der Waals surface area contributed by atoms with Gasteiger partial charge in [-0.05, 0) is 36.8 Å². The molecule has 0 saturated carbocycles. The van der Waals surface area contributed by atoms with Crippen molar-refractivity contribution in [3.05, 3.63) is 65.7 Å². The molecule has 0 radical (unpaired) electrons. The van der Waals surface area contributed by atoms with Crippen LogP contribution in [-0.4, -0.2) is 41.4 Å². The standard InChI is InChI=1S/C20H24N2O3/c1-16(24)18-7-9-19(10-8-18)21-20(25)11-12-22(13-14-23)15-17-5-3-2-4-6-17/h2-10,23H,11-15H2,1H3,(H,21,25).